The maximum absolute atomic E-state index is 12.5. The Morgan fingerprint density at radius 3 is 2.65 bits per heavy atom. The molecule has 2 heteroatoms. The molecule has 2 nitrogen and oxygen atoms in total. The molecule has 2 aromatic carbocycles. The SMILES string of the molecule is O=C(Cc1ccc2c(c1)CCC2)Nc1cccc2c1CCCC2. The first-order chi connectivity index (χ1) is 11.3. The predicted octanol–water partition coefficient (Wildman–Crippen LogP) is 4.24. The lowest BCUT2D eigenvalue weighted by Gasteiger charge is -2.19. The van der Waals surface area contributed by atoms with Crippen LogP contribution in [0.1, 0.15) is 47.1 Å². The number of nitrogens with one attached hydrogen (secondary N) is 1. The number of amides is 1. The van der Waals surface area contributed by atoms with Crippen LogP contribution in [0.5, 0.6) is 0 Å². The molecule has 0 atom stereocenters. The standard InChI is InChI=1S/C21H23NO/c23-21(14-15-11-12-16-6-3-8-18(16)13-15)22-20-10-4-7-17-5-1-2-9-19(17)20/h4,7,10-13H,1-3,5-6,8-9,14H2,(H,22,23). The van der Waals surface area contributed by atoms with Crippen molar-refractivity contribution in [2.45, 2.75) is 51.4 Å². The Labute approximate surface area is 137 Å². The minimum atomic E-state index is 0.0990. The highest BCUT2D eigenvalue weighted by molar-refractivity contribution is 5.93. The summed E-state index contributed by atoms with van der Waals surface area (Å²) >= 11 is 0. The van der Waals surface area contributed by atoms with E-state index in [9.17, 15) is 4.79 Å². The Balaban J connectivity index is 1.48. The molecule has 0 spiro atoms. The maximum atomic E-state index is 12.5. The molecule has 0 bridgehead atoms. The number of anilines is 1. The molecule has 2 aliphatic carbocycles. The van der Waals surface area contributed by atoms with Gasteiger partial charge >= 0.3 is 0 Å². The molecular formula is C21H23NO. The summed E-state index contributed by atoms with van der Waals surface area (Å²) < 4.78 is 0. The zero-order valence-corrected chi connectivity index (χ0v) is 13.5. The molecule has 0 fully saturated rings. The Hall–Kier alpha value is -2.09. The molecule has 0 aromatic heterocycles. The van der Waals surface area contributed by atoms with Gasteiger partial charge in [-0.05, 0) is 78.8 Å². The number of carbonyl (C=O) groups excluding carboxylic acids is 1. The van der Waals surface area contributed by atoms with Gasteiger partial charge in [0.25, 0.3) is 0 Å². The van der Waals surface area contributed by atoms with E-state index >= 15 is 0 Å². The average molecular weight is 305 g/mol. The van der Waals surface area contributed by atoms with Crippen molar-refractivity contribution in [2.24, 2.45) is 0 Å². The highest BCUT2D eigenvalue weighted by Gasteiger charge is 2.15. The second-order valence-corrected chi connectivity index (χ2v) is 6.83. The molecule has 2 aliphatic rings. The molecule has 4 rings (SSSR count). The molecule has 1 N–H and O–H groups in total. The predicted molar refractivity (Wildman–Crippen MR) is 93.9 cm³/mol. The van der Waals surface area contributed by atoms with Crippen LogP contribution in [0.3, 0.4) is 0 Å². The van der Waals surface area contributed by atoms with Crippen LogP contribution in [0.2, 0.25) is 0 Å². The summed E-state index contributed by atoms with van der Waals surface area (Å²) in [6.07, 6.45) is 8.80. The molecule has 23 heavy (non-hydrogen) atoms. The number of rotatable bonds is 3. The summed E-state index contributed by atoms with van der Waals surface area (Å²) in [5.41, 5.74) is 7.81. The van der Waals surface area contributed by atoms with Crippen LogP contribution in [0.4, 0.5) is 5.69 Å². The molecular weight excluding hydrogens is 282 g/mol. The van der Waals surface area contributed by atoms with E-state index in [1.807, 2.05) is 6.07 Å². The highest BCUT2D eigenvalue weighted by Crippen LogP contribution is 2.28. The van der Waals surface area contributed by atoms with Crippen molar-refractivity contribution < 1.29 is 4.79 Å². The van der Waals surface area contributed by atoms with Crippen molar-refractivity contribution in [3.8, 4) is 0 Å². The molecule has 0 saturated carbocycles. The third-order valence-corrected chi connectivity index (χ3v) is 5.20. The Morgan fingerprint density at radius 2 is 1.70 bits per heavy atom. The fourth-order valence-corrected chi connectivity index (χ4v) is 4.01. The minimum absolute atomic E-state index is 0.0990. The summed E-state index contributed by atoms with van der Waals surface area (Å²) in [5, 5.41) is 3.15. The average Bonchev–Trinajstić information content (AvgIpc) is 3.03. The summed E-state index contributed by atoms with van der Waals surface area (Å²) in [6, 6.07) is 12.9. The van der Waals surface area contributed by atoms with Crippen LogP contribution in [0, 0.1) is 0 Å². The summed E-state index contributed by atoms with van der Waals surface area (Å²) in [6.45, 7) is 0. The van der Waals surface area contributed by atoms with E-state index < -0.39 is 0 Å². The Morgan fingerprint density at radius 1 is 0.870 bits per heavy atom. The van der Waals surface area contributed by atoms with Crippen molar-refractivity contribution in [3.05, 3.63) is 64.2 Å². The lowest BCUT2D eigenvalue weighted by atomic mass is 9.90. The fraction of sp³-hybridized carbons (Fsp3) is 0.381. The first-order valence-corrected chi connectivity index (χ1v) is 8.81. The lowest BCUT2D eigenvalue weighted by Crippen LogP contribution is -2.17. The van der Waals surface area contributed by atoms with Crippen molar-refractivity contribution in [1.29, 1.82) is 0 Å². The molecule has 0 aliphatic heterocycles. The number of hydrogen-bond donors (Lipinski definition) is 1. The first-order valence-electron chi connectivity index (χ1n) is 8.81. The van der Waals surface area contributed by atoms with E-state index in [0.29, 0.717) is 6.42 Å². The molecule has 0 saturated heterocycles. The topological polar surface area (TPSA) is 29.1 Å². The van der Waals surface area contributed by atoms with Gasteiger partial charge < -0.3 is 5.32 Å². The van der Waals surface area contributed by atoms with Gasteiger partial charge in [0.15, 0.2) is 0 Å². The molecule has 0 radical (unpaired) electrons. The van der Waals surface area contributed by atoms with Crippen molar-refractivity contribution in [2.75, 3.05) is 5.32 Å². The first kappa shape index (κ1) is 14.5. The van der Waals surface area contributed by atoms with Crippen molar-refractivity contribution in [1.82, 2.24) is 0 Å². The highest BCUT2D eigenvalue weighted by atomic mass is 16.1. The second-order valence-electron chi connectivity index (χ2n) is 6.83. The van der Waals surface area contributed by atoms with Gasteiger partial charge in [-0.2, -0.15) is 0 Å². The van der Waals surface area contributed by atoms with Gasteiger partial charge in [-0.3, -0.25) is 4.79 Å². The number of fused-ring (bicyclic) bond motifs is 2. The van der Waals surface area contributed by atoms with Crippen molar-refractivity contribution >= 4 is 11.6 Å². The number of carbonyl (C=O) groups is 1. The van der Waals surface area contributed by atoms with Crippen LogP contribution >= 0.6 is 0 Å². The largest absolute Gasteiger partial charge is 0.326 e. The Bertz CT molecular complexity index is 748. The van der Waals surface area contributed by atoms with Crippen LogP contribution < -0.4 is 5.32 Å². The normalized spacial score (nSPS) is 15.8. The van der Waals surface area contributed by atoms with Gasteiger partial charge in [0, 0.05) is 5.69 Å². The smallest absolute Gasteiger partial charge is 0.228 e. The Kier molecular flexibility index (Phi) is 3.90. The zero-order chi connectivity index (χ0) is 15.6. The van der Waals surface area contributed by atoms with Gasteiger partial charge in [-0.1, -0.05) is 30.3 Å². The van der Waals surface area contributed by atoms with Crippen LogP contribution in [-0.2, 0) is 36.9 Å². The van der Waals surface area contributed by atoms with Crippen LogP contribution in [0.15, 0.2) is 36.4 Å². The quantitative estimate of drug-likeness (QED) is 0.903. The lowest BCUT2D eigenvalue weighted by molar-refractivity contribution is -0.115. The van der Waals surface area contributed by atoms with Gasteiger partial charge in [-0.25, -0.2) is 0 Å². The van der Waals surface area contributed by atoms with Crippen LogP contribution in [-0.4, -0.2) is 5.91 Å². The van der Waals surface area contributed by atoms with E-state index in [4.69, 9.17) is 0 Å². The number of benzene rings is 2. The van der Waals surface area contributed by atoms with E-state index in [2.05, 4.69) is 35.6 Å². The van der Waals surface area contributed by atoms with Crippen LogP contribution in [0.25, 0.3) is 0 Å². The number of hydrogen-bond acceptors (Lipinski definition) is 1. The van der Waals surface area contributed by atoms with Crippen molar-refractivity contribution in [3.63, 3.8) is 0 Å². The third kappa shape index (κ3) is 3.03. The zero-order valence-electron chi connectivity index (χ0n) is 13.5. The van der Waals surface area contributed by atoms with Gasteiger partial charge in [0.1, 0.15) is 0 Å². The molecule has 0 unspecified atom stereocenters. The summed E-state index contributed by atoms with van der Waals surface area (Å²) in [7, 11) is 0. The number of aryl methyl sites for hydroxylation is 3. The summed E-state index contributed by atoms with van der Waals surface area (Å²) in [4.78, 5) is 12.5. The molecule has 118 valence electrons. The van der Waals surface area contributed by atoms with E-state index in [1.54, 1.807) is 0 Å². The van der Waals surface area contributed by atoms with E-state index in [0.717, 1.165) is 30.5 Å². The minimum Gasteiger partial charge on any atom is -0.326 e. The molecule has 0 heterocycles. The summed E-state index contributed by atoms with van der Waals surface area (Å²) in [5.74, 6) is 0.0990. The third-order valence-electron chi connectivity index (χ3n) is 5.20. The molecule has 2 aromatic rings. The fourth-order valence-electron chi connectivity index (χ4n) is 4.01. The van der Waals surface area contributed by atoms with Gasteiger partial charge in [0.2, 0.25) is 5.91 Å². The maximum Gasteiger partial charge on any atom is 0.228 e. The van der Waals surface area contributed by atoms with E-state index in [-0.39, 0.29) is 5.91 Å². The van der Waals surface area contributed by atoms with Gasteiger partial charge in [0.05, 0.1) is 6.42 Å². The monoisotopic (exact) mass is 305 g/mol. The van der Waals surface area contributed by atoms with Gasteiger partial charge in [-0.15, -0.1) is 0 Å². The second kappa shape index (κ2) is 6.19. The molecule has 1 amide bonds. The van der Waals surface area contributed by atoms with E-state index in [1.165, 1.54) is 47.9 Å².